The third-order valence-electron chi connectivity index (χ3n) is 2.43. The Hall–Kier alpha value is -1.66. The Kier molecular flexibility index (Phi) is 5.72. The lowest BCUT2D eigenvalue weighted by molar-refractivity contribution is -0.125. The quantitative estimate of drug-likeness (QED) is 0.696. The van der Waals surface area contributed by atoms with E-state index in [4.69, 9.17) is 17.3 Å². The number of rotatable bonds is 5. The summed E-state index contributed by atoms with van der Waals surface area (Å²) in [4.78, 5) is 27.0. The van der Waals surface area contributed by atoms with Gasteiger partial charge in [0.25, 0.3) is 0 Å². The first-order chi connectivity index (χ1) is 8.90. The van der Waals surface area contributed by atoms with Crippen LogP contribution in [0.1, 0.15) is 13.8 Å². The van der Waals surface area contributed by atoms with E-state index in [0.29, 0.717) is 5.82 Å². The van der Waals surface area contributed by atoms with Gasteiger partial charge in [0.1, 0.15) is 11.0 Å². The van der Waals surface area contributed by atoms with Gasteiger partial charge in [0.15, 0.2) is 0 Å². The van der Waals surface area contributed by atoms with Crippen LogP contribution in [0.4, 0.5) is 5.82 Å². The molecule has 0 aromatic carbocycles. The summed E-state index contributed by atoms with van der Waals surface area (Å²) in [7, 11) is 0. The Morgan fingerprint density at radius 3 is 2.68 bits per heavy atom. The minimum Gasteiger partial charge on any atom is -0.346 e. The number of pyridine rings is 1. The molecule has 0 aliphatic carbocycles. The molecule has 0 saturated carbocycles. The third kappa shape index (κ3) is 5.23. The van der Waals surface area contributed by atoms with Crippen molar-refractivity contribution < 1.29 is 9.59 Å². The van der Waals surface area contributed by atoms with Crippen LogP contribution in [0.3, 0.4) is 0 Å². The molecule has 0 saturated heterocycles. The number of amides is 2. The van der Waals surface area contributed by atoms with Crippen LogP contribution in [0.25, 0.3) is 0 Å². The molecule has 1 aromatic rings. The van der Waals surface area contributed by atoms with E-state index in [9.17, 15) is 9.59 Å². The molecule has 1 heterocycles. The van der Waals surface area contributed by atoms with Crippen molar-refractivity contribution in [3.05, 3.63) is 23.4 Å². The van der Waals surface area contributed by atoms with E-state index in [-0.39, 0.29) is 29.4 Å². The zero-order valence-electron chi connectivity index (χ0n) is 10.8. The minimum absolute atomic E-state index is 0.0117. The maximum absolute atomic E-state index is 11.6. The molecule has 1 aromatic heterocycles. The highest BCUT2D eigenvalue weighted by Gasteiger charge is 2.17. The van der Waals surface area contributed by atoms with E-state index in [2.05, 4.69) is 15.6 Å². The summed E-state index contributed by atoms with van der Waals surface area (Å²) in [5, 5.41) is 5.26. The molecule has 0 aliphatic rings. The van der Waals surface area contributed by atoms with E-state index in [1.165, 1.54) is 0 Å². The normalized spacial score (nSPS) is 12.1. The smallest absolute Gasteiger partial charge is 0.244 e. The highest BCUT2D eigenvalue weighted by atomic mass is 35.5. The monoisotopic (exact) mass is 284 g/mol. The molecule has 7 heteroatoms. The summed E-state index contributed by atoms with van der Waals surface area (Å²) < 4.78 is 0. The Balaban J connectivity index is 2.42. The van der Waals surface area contributed by atoms with Gasteiger partial charge in [-0.3, -0.25) is 9.59 Å². The SMILES string of the molecule is CC(C)[C@H](N)C(=O)NCC(=O)Nc1cccc(Cl)n1. The second-order valence-electron chi connectivity index (χ2n) is 4.38. The molecule has 0 spiro atoms. The molecule has 2 amide bonds. The number of carbonyl (C=O) groups is 2. The standard InChI is InChI=1S/C12H17ClN4O2/c1-7(2)11(14)12(19)15-6-10(18)17-9-5-3-4-8(13)16-9/h3-5,7,11H,6,14H2,1-2H3,(H,15,19)(H,16,17,18)/t11-/m0/s1. The van der Waals surface area contributed by atoms with Gasteiger partial charge in [-0.15, -0.1) is 0 Å². The molecule has 4 N–H and O–H groups in total. The molecule has 0 radical (unpaired) electrons. The first-order valence-electron chi connectivity index (χ1n) is 5.86. The van der Waals surface area contributed by atoms with Crippen LogP contribution in [0, 0.1) is 5.92 Å². The molecule has 104 valence electrons. The van der Waals surface area contributed by atoms with Crippen molar-refractivity contribution >= 4 is 29.2 Å². The van der Waals surface area contributed by atoms with E-state index < -0.39 is 6.04 Å². The zero-order chi connectivity index (χ0) is 14.4. The van der Waals surface area contributed by atoms with E-state index in [1.54, 1.807) is 18.2 Å². The van der Waals surface area contributed by atoms with E-state index in [0.717, 1.165) is 0 Å². The molecule has 1 atom stereocenters. The van der Waals surface area contributed by atoms with Gasteiger partial charge in [0.2, 0.25) is 11.8 Å². The zero-order valence-corrected chi connectivity index (χ0v) is 11.6. The van der Waals surface area contributed by atoms with Crippen LogP contribution in [0.5, 0.6) is 0 Å². The summed E-state index contributed by atoms with van der Waals surface area (Å²) >= 11 is 5.68. The molecule has 0 unspecified atom stereocenters. The third-order valence-corrected chi connectivity index (χ3v) is 2.64. The van der Waals surface area contributed by atoms with Gasteiger partial charge in [0.05, 0.1) is 12.6 Å². The lowest BCUT2D eigenvalue weighted by atomic mass is 10.1. The lowest BCUT2D eigenvalue weighted by Gasteiger charge is -2.15. The van der Waals surface area contributed by atoms with Crippen LogP contribution in [0.15, 0.2) is 18.2 Å². The lowest BCUT2D eigenvalue weighted by Crippen LogP contribution is -2.46. The second-order valence-corrected chi connectivity index (χ2v) is 4.77. The summed E-state index contributed by atoms with van der Waals surface area (Å²) in [5.41, 5.74) is 5.65. The van der Waals surface area contributed by atoms with E-state index >= 15 is 0 Å². The number of nitrogens with one attached hydrogen (secondary N) is 2. The predicted molar refractivity (Wildman–Crippen MR) is 73.7 cm³/mol. The number of hydrogen-bond donors (Lipinski definition) is 3. The fourth-order valence-electron chi connectivity index (χ4n) is 1.25. The van der Waals surface area contributed by atoms with Crippen molar-refractivity contribution in [3.8, 4) is 0 Å². The highest BCUT2D eigenvalue weighted by Crippen LogP contribution is 2.08. The molecular formula is C12H17ClN4O2. The Bertz CT molecular complexity index is 465. The number of anilines is 1. The van der Waals surface area contributed by atoms with Crippen LogP contribution < -0.4 is 16.4 Å². The Morgan fingerprint density at radius 1 is 1.42 bits per heavy atom. The van der Waals surface area contributed by atoms with Gasteiger partial charge in [-0.05, 0) is 18.1 Å². The van der Waals surface area contributed by atoms with Crippen LogP contribution >= 0.6 is 11.6 Å². The number of carbonyl (C=O) groups excluding carboxylic acids is 2. The summed E-state index contributed by atoms with van der Waals surface area (Å²) in [5.74, 6) is -0.402. The minimum atomic E-state index is -0.628. The van der Waals surface area contributed by atoms with Crippen molar-refractivity contribution in [1.82, 2.24) is 10.3 Å². The predicted octanol–water partition coefficient (Wildman–Crippen LogP) is 0.773. The number of hydrogen-bond acceptors (Lipinski definition) is 4. The summed E-state index contributed by atoms with van der Waals surface area (Å²) in [6, 6.07) is 4.24. The number of nitrogens with two attached hydrogens (primary N) is 1. The molecule has 0 fully saturated rings. The van der Waals surface area contributed by atoms with Crippen molar-refractivity contribution in [2.24, 2.45) is 11.7 Å². The van der Waals surface area contributed by atoms with Crippen LogP contribution in [-0.4, -0.2) is 29.4 Å². The number of nitrogens with zero attached hydrogens (tertiary/aromatic N) is 1. The average Bonchev–Trinajstić information content (AvgIpc) is 2.34. The molecule has 6 nitrogen and oxygen atoms in total. The van der Waals surface area contributed by atoms with Gasteiger partial charge in [-0.1, -0.05) is 31.5 Å². The summed E-state index contributed by atoms with van der Waals surface area (Å²) in [6.07, 6.45) is 0. The van der Waals surface area contributed by atoms with Gasteiger partial charge < -0.3 is 16.4 Å². The van der Waals surface area contributed by atoms with Crippen LogP contribution in [-0.2, 0) is 9.59 Å². The first-order valence-corrected chi connectivity index (χ1v) is 6.23. The van der Waals surface area contributed by atoms with Gasteiger partial charge in [-0.2, -0.15) is 0 Å². The Labute approximate surface area is 116 Å². The molecular weight excluding hydrogens is 268 g/mol. The van der Waals surface area contributed by atoms with Gasteiger partial charge in [-0.25, -0.2) is 4.98 Å². The van der Waals surface area contributed by atoms with Crippen molar-refractivity contribution in [2.45, 2.75) is 19.9 Å². The fraction of sp³-hybridized carbons (Fsp3) is 0.417. The summed E-state index contributed by atoms with van der Waals surface area (Å²) in [6.45, 7) is 3.51. The first kappa shape index (κ1) is 15.4. The highest BCUT2D eigenvalue weighted by molar-refractivity contribution is 6.29. The average molecular weight is 285 g/mol. The maximum Gasteiger partial charge on any atom is 0.244 e. The fourth-order valence-corrected chi connectivity index (χ4v) is 1.42. The van der Waals surface area contributed by atoms with Crippen molar-refractivity contribution in [2.75, 3.05) is 11.9 Å². The van der Waals surface area contributed by atoms with Gasteiger partial charge in [0, 0.05) is 0 Å². The molecule has 0 aliphatic heterocycles. The van der Waals surface area contributed by atoms with Gasteiger partial charge >= 0.3 is 0 Å². The molecule has 1 rings (SSSR count). The number of aromatic nitrogens is 1. The largest absolute Gasteiger partial charge is 0.346 e. The maximum atomic E-state index is 11.6. The van der Waals surface area contributed by atoms with Crippen LogP contribution in [0.2, 0.25) is 5.15 Å². The topological polar surface area (TPSA) is 97.1 Å². The Morgan fingerprint density at radius 2 is 2.11 bits per heavy atom. The molecule has 0 bridgehead atoms. The number of halogens is 1. The van der Waals surface area contributed by atoms with Crippen molar-refractivity contribution in [3.63, 3.8) is 0 Å². The van der Waals surface area contributed by atoms with E-state index in [1.807, 2.05) is 13.8 Å². The van der Waals surface area contributed by atoms with Crippen molar-refractivity contribution in [1.29, 1.82) is 0 Å². The second kappa shape index (κ2) is 7.06. The molecule has 19 heavy (non-hydrogen) atoms.